The van der Waals surface area contributed by atoms with E-state index >= 15 is 0 Å². The number of carbonyl (C=O) groups is 1. The van der Waals surface area contributed by atoms with Crippen molar-refractivity contribution in [3.63, 3.8) is 0 Å². The van der Waals surface area contributed by atoms with Crippen molar-refractivity contribution in [2.45, 2.75) is 31.4 Å². The van der Waals surface area contributed by atoms with Gasteiger partial charge in [-0.2, -0.15) is 0 Å². The molecule has 1 heterocycles. The van der Waals surface area contributed by atoms with Crippen molar-refractivity contribution in [2.24, 2.45) is 0 Å². The van der Waals surface area contributed by atoms with Crippen molar-refractivity contribution >= 4 is 32.7 Å². The number of anilines is 1. The van der Waals surface area contributed by atoms with Crippen LogP contribution in [0.1, 0.15) is 31.2 Å². The van der Waals surface area contributed by atoms with Gasteiger partial charge in [-0.3, -0.25) is 14.1 Å². The molecule has 41 heavy (non-hydrogen) atoms. The highest BCUT2D eigenvalue weighted by atomic mass is 32.2. The first kappa shape index (κ1) is 27.9. The molecule has 0 aliphatic heterocycles. The number of aromatic nitrogens is 2. The number of imidazole rings is 1. The Balaban J connectivity index is 1.55. The van der Waals surface area contributed by atoms with E-state index in [9.17, 15) is 13.2 Å². The number of para-hydroxylation sites is 1. The highest BCUT2D eigenvalue weighted by Crippen LogP contribution is 2.36. The largest absolute Gasteiger partial charge is 0.491 e. The molecule has 1 aromatic heterocycles. The van der Waals surface area contributed by atoms with Gasteiger partial charge in [0, 0.05) is 23.7 Å². The van der Waals surface area contributed by atoms with Crippen LogP contribution in [0.15, 0.2) is 103 Å². The Morgan fingerprint density at radius 1 is 0.854 bits per heavy atom. The molecule has 0 aliphatic carbocycles. The van der Waals surface area contributed by atoms with Crippen molar-refractivity contribution in [1.29, 1.82) is 0 Å². The minimum atomic E-state index is -3.77. The van der Waals surface area contributed by atoms with Crippen LogP contribution in [0.4, 0.5) is 5.69 Å². The third-order valence-electron chi connectivity index (χ3n) is 6.56. The number of unbranched alkanes of at least 4 members (excludes halogenated alkanes) is 2. The number of benzene rings is 4. The van der Waals surface area contributed by atoms with Crippen LogP contribution < -0.4 is 9.46 Å². The third-order valence-corrected chi connectivity index (χ3v) is 7.80. The van der Waals surface area contributed by atoms with Crippen molar-refractivity contribution in [3.05, 3.63) is 109 Å². The van der Waals surface area contributed by atoms with Crippen molar-refractivity contribution in [2.75, 3.05) is 11.3 Å². The number of ether oxygens (including phenoxy) is 1. The molecule has 0 amide bonds. The quantitative estimate of drug-likeness (QED) is 0.154. The number of rotatable bonds is 13. The maximum absolute atomic E-state index is 13.2. The molecule has 0 saturated carbocycles. The molecule has 2 N–H and O–H groups in total. The van der Waals surface area contributed by atoms with Crippen molar-refractivity contribution < 1.29 is 23.1 Å². The van der Waals surface area contributed by atoms with Gasteiger partial charge >= 0.3 is 5.97 Å². The number of carboxylic acids is 1. The topological polar surface area (TPSA) is 111 Å². The molecular formula is C32H31N3O5S. The summed E-state index contributed by atoms with van der Waals surface area (Å²) in [4.78, 5) is 15.8. The lowest BCUT2D eigenvalue weighted by atomic mass is 10.2. The van der Waals surface area contributed by atoms with E-state index in [0.29, 0.717) is 48.4 Å². The molecule has 0 aliphatic rings. The molecule has 0 spiro atoms. The summed E-state index contributed by atoms with van der Waals surface area (Å²) >= 11 is 0. The zero-order chi connectivity index (χ0) is 28.7. The first-order valence-corrected chi connectivity index (χ1v) is 15.1. The number of nitrogens with one attached hydrogen (secondary N) is 1. The minimum absolute atomic E-state index is 0.106. The maximum Gasteiger partial charge on any atom is 0.303 e. The van der Waals surface area contributed by atoms with Gasteiger partial charge in [0.25, 0.3) is 0 Å². The predicted molar refractivity (Wildman–Crippen MR) is 161 cm³/mol. The van der Waals surface area contributed by atoms with Crippen LogP contribution in [0.5, 0.6) is 5.75 Å². The Bertz CT molecular complexity index is 1720. The first-order chi connectivity index (χ1) is 19.9. The second-order valence-electron chi connectivity index (χ2n) is 9.71. The van der Waals surface area contributed by atoms with E-state index < -0.39 is 16.0 Å². The lowest BCUT2D eigenvalue weighted by Crippen LogP contribution is -2.16. The minimum Gasteiger partial charge on any atom is -0.491 e. The number of aliphatic carboxylic acids is 1. The molecule has 0 unspecified atom stereocenters. The Kier molecular flexibility index (Phi) is 8.64. The number of fused-ring (bicyclic) bond motifs is 1. The van der Waals surface area contributed by atoms with Gasteiger partial charge in [0.05, 0.1) is 29.1 Å². The summed E-state index contributed by atoms with van der Waals surface area (Å²) in [6.07, 6.45) is 1.98. The van der Waals surface area contributed by atoms with Crippen LogP contribution in [0.3, 0.4) is 0 Å². The van der Waals surface area contributed by atoms with Gasteiger partial charge in [-0.05, 0) is 43.0 Å². The maximum atomic E-state index is 13.2. The number of sulfonamides is 1. The van der Waals surface area contributed by atoms with Crippen LogP contribution in [0.2, 0.25) is 0 Å². The molecule has 8 nitrogen and oxygen atoms in total. The van der Waals surface area contributed by atoms with Gasteiger partial charge in [0.2, 0.25) is 10.0 Å². The standard InChI is InChI=1S/C32H31N3O5S/c36-31(37)19-11-4-12-20-40-30-22-29-27(21-28(30)34-41(38,39)23-24-13-5-1-6-14-24)33-32(25-15-7-2-8-16-25)35(29)26-17-9-3-10-18-26/h1-3,5-10,13-18,21-22,34H,4,11-12,19-20,23H2,(H,36,37). The van der Waals surface area contributed by atoms with Crippen LogP contribution >= 0.6 is 0 Å². The Labute approximate surface area is 239 Å². The predicted octanol–water partition coefficient (Wildman–Crippen LogP) is 6.66. The molecule has 5 rings (SSSR count). The molecule has 4 aromatic carbocycles. The van der Waals surface area contributed by atoms with Crippen molar-refractivity contribution in [1.82, 2.24) is 9.55 Å². The fraction of sp³-hybridized carbons (Fsp3) is 0.188. The number of hydrogen-bond donors (Lipinski definition) is 2. The third kappa shape index (κ3) is 7.12. The summed E-state index contributed by atoms with van der Waals surface area (Å²) < 4.78 is 37.3. The Morgan fingerprint density at radius 2 is 1.51 bits per heavy atom. The normalized spacial score (nSPS) is 11.4. The lowest BCUT2D eigenvalue weighted by molar-refractivity contribution is -0.137. The average molecular weight is 570 g/mol. The molecule has 9 heteroatoms. The number of hydrogen-bond acceptors (Lipinski definition) is 5. The second-order valence-corrected chi connectivity index (χ2v) is 11.4. The molecule has 0 fully saturated rings. The molecule has 0 radical (unpaired) electrons. The average Bonchev–Trinajstić information content (AvgIpc) is 3.34. The van der Waals surface area contributed by atoms with E-state index in [1.54, 1.807) is 30.3 Å². The summed E-state index contributed by atoms with van der Waals surface area (Å²) in [6, 6.07) is 32.2. The lowest BCUT2D eigenvalue weighted by Gasteiger charge is -2.15. The molecular weight excluding hydrogens is 538 g/mol. The highest BCUT2D eigenvalue weighted by Gasteiger charge is 2.20. The number of nitrogens with zero attached hydrogens (tertiary/aromatic N) is 2. The second kappa shape index (κ2) is 12.7. The fourth-order valence-electron chi connectivity index (χ4n) is 4.66. The van der Waals surface area contributed by atoms with Gasteiger partial charge in [0.15, 0.2) is 0 Å². The van der Waals surface area contributed by atoms with E-state index in [4.69, 9.17) is 14.8 Å². The molecule has 0 saturated heterocycles. The SMILES string of the molecule is O=C(O)CCCCCOc1cc2c(cc1NS(=O)(=O)Cc1ccccc1)nc(-c1ccccc1)n2-c1ccccc1. The Morgan fingerprint density at radius 3 is 2.20 bits per heavy atom. The van der Waals surface area contributed by atoms with E-state index in [-0.39, 0.29) is 12.2 Å². The summed E-state index contributed by atoms with van der Waals surface area (Å²) in [6.45, 7) is 0.309. The van der Waals surface area contributed by atoms with Crippen molar-refractivity contribution in [3.8, 4) is 22.8 Å². The summed E-state index contributed by atoms with van der Waals surface area (Å²) in [5.74, 6) is 0.0865. The monoisotopic (exact) mass is 569 g/mol. The molecule has 5 aromatic rings. The smallest absolute Gasteiger partial charge is 0.303 e. The molecule has 0 atom stereocenters. The molecule has 0 bridgehead atoms. The van der Waals surface area contributed by atoms with Gasteiger partial charge in [-0.15, -0.1) is 0 Å². The molecule has 210 valence electrons. The van der Waals surface area contributed by atoms with Crippen LogP contribution in [0, 0.1) is 0 Å². The first-order valence-electron chi connectivity index (χ1n) is 13.5. The van der Waals surface area contributed by atoms with Gasteiger partial charge in [0.1, 0.15) is 11.6 Å². The van der Waals surface area contributed by atoms with Gasteiger partial charge < -0.3 is 9.84 Å². The van der Waals surface area contributed by atoms with Crippen LogP contribution in [0.25, 0.3) is 28.1 Å². The van der Waals surface area contributed by atoms with E-state index in [1.165, 1.54) is 0 Å². The van der Waals surface area contributed by atoms with E-state index in [0.717, 1.165) is 22.6 Å². The van der Waals surface area contributed by atoms with Gasteiger partial charge in [-0.25, -0.2) is 13.4 Å². The zero-order valence-corrected chi connectivity index (χ0v) is 23.3. The fourth-order valence-corrected chi connectivity index (χ4v) is 5.86. The highest BCUT2D eigenvalue weighted by molar-refractivity contribution is 7.91. The zero-order valence-electron chi connectivity index (χ0n) is 22.4. The van der Waals surface area contributed by atoms with E-state index in [2.05, 4.69) is 4.72 Å². The Hall–Kier alpha value is -4.63. The van der Waals surface area contributed by atoms with Gasteiger partial charge in [-0.1, -0.05) is 78.9 Å². The number of carboxylic acid groups (broad SMARTS) is 1. The summed E-state index contributed by atoms with van der Waals surface area (Å²) in [7, 11) is -3.77. The summed E-state index contributed by atoms with van der Waals surface area (Å²) in [5.41, 5.74) is 4.17. The summed E-state index contributed by atoms with van der Waals surface area (Å²) in [5, 5.41) is 8.90. The van der Waals surface area contributed by atoms with E-state index in [1.807, 2.05) is 77.4 Å². The van der Waals surface area contributed by atoms with Crippen LogP contribution in [-0.2, 0) is 20.6 Å². The van der Waals surface area contributed by atoms with Crippen LogP contribution in [-0.4, -0.2) is 35.7 Å².